The Labute approximate surface area is 111 Å². The minimum absolute atomic E-state index is 0.370. The zero-order chi connectivity index (χ0) is 14.3. The van der Waals surface area contributed by atoms with Crippen molar-refractivity contribution in [2.45, 2.75) is 18.9 Å². The summed E-state index contributed by atoms with van der Waals surface area (Å²) in [5.74, 6) is -0.785. The maximum absolute atomic E-state index is 11.5. The van der Waals surface area contributed by atoms with Gasteiger partial charge in [-0.05, 0) is 24.1 Å². The van der Waals surface area contributed by atoms with Crippen molar-refractivity contribution in [3.05, 3.63) is 29.8 Å². The van der Waals surface area contributed by atoms with Gasteiger partial charge in [-0.2, -0.15) is 0 Å². The summed E-state index contributed by atoms with van der Waals surface area (Å²) in [7, 11) is 1.59. The fourth-order valence-corrected chi connectivity index (χ4v) is 1.57. The molecule has 0 heterocycles. The van der Waals surface area contributed by atoms with Crippen LogP contribution in [0.2, 0.25) is 0 Å². The molecule has 0 aliphatic carbocycles. The monoisotopic (exact) mass is 266 g/mol. The van der Waals surface area contributed by atoms with Crippen LogP contribution in [-0.2, 0) is 16.0 Å². The van der Waals surface area contributed by atoms with E-state index >= 15 is 0 Å². The van der Waals surface area contributed by atoms with Gasteiger partial charge in [0.05, 0.1) is 19.6 Å². The number of rotatable bonds is 7. The Morgan fingerprint density at radius 3 is 2.84 bits per heavy atom. The predicted molar refractivity (Wildman–Crippen MR) is 69.9 cm³/mol. The third-order valence-electron chi connectivity index (χ3n) is 2.58. The van der Waals surface area contributed by atoms with Crippen LogP contribution in [0.4, 0.5) is 0 Å². The lowest BCUT2D eigenvalue weighted by atomic mass is 10.1. The van der Waals surface area contributed by atoms with Crippen molar-refractivity contribution in [1.82, 2.24) is 5.32 Å². The van der Waals surface area contributed by atoms with Gasteiger partial charge in [-0.1, -0.05) is 12.1 Å². The SMILES string of the molecule is COc1cccc(CCNC(=O)C(N)CC(=O)O)c1. The van der Waals surface area contributed by atoms with E-state index < -0.39 is 17.9 Å². The highest BCUT2D eigenvalue weighted by Crippen LogP contribution is 2.12. The number of carboxylic acid groups (broad SMARTS) is 1. The zero-order valence-corrected chi connectivity index (χ0v) is 10.8. The molecule has 4 N–H and O–H groups in total. The fourth-order valence-electron chi connectivity index (χ4n) is 1.57. The van der Waals surface area contributed by atoms with Gasteiger partial charge in [0.1, 0.15) is 5.75 Å². The molecule has 0 saturated carbocycles. The standard InChI is InChI=1S/C13H18N2O4/c1-19-10-4-2-3-9(7-10)5-6-15-13(18)11(14)8-12(16)17/h2-4,7,11H,5-6,8,14H2,1H3,(H,15,18)(H,16,17). The van der Waals surface area contributed by atoms with E-state index in [9.17, 15) is 9.59 Å². The van der Waals surface area contributed by atoms with Gasteiger partial charge in [0.25, 0.3) is 0 Å². The molecule has 0 aromatic heterocycles. The molecule has 0 fully saturated rings. The van der Waals surface area contributed by atoms with E-state index in [2.05, 4.69) is 5.32 Å². The molecule has 1 aromatic rings. The molecule has 1 rings (SSSR count). The average molecular weight is 266 g/mol. The molecule has 6 heteroatoms. The summed E-state index contributed by atoms with van der Waals surface area (Å²) in [4.78, 5) is 21.9. The Bertz CT molecular complexity index is 448. The number of ether oxygens (including phenoxy) is 1. The second-order valence-electron chi connectivity index (χ2n) is 4.10. The summed E-state index contributed by atoms with van der Waals surface area (Å²) in [6.07, 6.45) is 0.258. The van der Waals surface area contributed by atoms with Gasteiger partial charge in [-0.3, -0.25) is 9.59 Å². The number of carbonyl (C=O) groups excluding carboxylic acids is 1. The number of amides is 1. The molecular weight excluding hydrogens is 248 g/mol. The highest BCUT2D eigenvalue weighted by Gasteiger charge is 2.16. The number of nitrogens with two attached hydrogens (primary N) is 1. The minimum atomic E-state index is -1.09. The van der Waals surface area contributed by atoms with E-state index in [4.69, 9.17) is 15.6 Å². The number of hydrogen-bond donors (Lipinski definition) is 3. The topological polar surface area (TPSA) is 102 Å². The largest absolute Gasteiger partial charge is 0.497 e. The molecule has 104 valence electrons. The summed E-state index contributed by atoms with van der Waals surface area (Å²) in [5, 5.41) is 11.1. The normalized spacial score (nSPS) is 11.7. The summed E-state index contributed by atoms with van der Waals surface area (Å²) in [5.41, 5.74) is 6.45. The lowest BCUT2D eigenvalue weighted by Crippen LogP contribution is -2.42. The van der Waals surface area contributed by atoms with E-state index in [1.165, 1.54) is 0 Å². The number of benzene rings is 1. The maximum Gasteiger partial charge on any atom is 0.305 e. The van der Waals surface area contributed by atoms with Gasteiger partial charge in [0.15, 0.2) is 0 Å². The molecule has 19 heavy (non-hydrogen) atoms. The van der Waals surface area contributed by atoms with Gasteiger partial charge in [0.2, 0.25) is 5.91 Å². The number of aliphatic carboxylic acids is 1. The third-order valence-corrected chi connectivity index (χ3v) is 2.58. The van der Waals surface area contributed by atoms with E-state index in [1.807, 2.05) is 24.3 Å². The van der Waals surface area contributed by atoms with Crippen LogP contribution in [0.3, 0.4) is 0 Å². The summed E-state index contributed by atoms with van der Waals surface area (Å²) in [6, 6.07) is 6.49. The highest BCUT2D eigenvalue weighted by molar-refractivity contribution is 5.85. The predicted octanol–water partition coefficient (Wildman–Crippen LogP) is 0.156. The van der Waals surface area contributed by atoms with Gasteiger partial charge >= 0.3 is 5.97 Å². The van der Waals surface area contributed by atoms with Crippen molar-refractivity contribution >= 4 is 11.9 Å². The average Bonchev–Trinajstić information content (AvgIpc) is 2.38. The van der Waals surface area contributed by atoms with Crippen LogP contribution in [-0.4, -0.2) is 36.7 Å². The second-order valence-corrected chi connectivity index (χ2v) is 4.10. The first-order chi connectivity index (χ1) is 9.02. The molecule has 0 saturated heterocycles. The first-order valence-corrected chi connectivity index (χ1v) is 5.91. The first-order valence-electron chi connectivity index (χ1n) is 5.91. The molecule has 0 aliphatic rings. The number of hydrogen-bond acceptors (Lipinski definition) is 4. The molecule has 1 amide bonds. The number of nitrogens with one attached hydrogen (secondary N) is 1. The van der Waals surface area contributed by atoms with Gasteiger partial charge in [-0.25, -0.2) is 0 Å². The summed E-state index contributed by atoms with van der Waals surface area (Å²) >= 11 is 0. The summed E-state index contributed by atoms with van der Waals surface area (Å²) < 4.78 is 5.09. The van der Waals surface area contributed by atoms with Crippen LogP contribution in [0.5, 0.6) is 5.75 Å². The zero-order valence-electron chi connectivity index (χ0n) is 10.8. The van der Waals surface area contributed by atoms with Gasteiger partial charge in [0, 0.05) is 6.54 Å². The highest BCUT2D eigenvalue weighted by atomic mass is 16.5. The Morgan fingerprint density at radius 2 is 2.21 bits per heavy atom. The van der Waals surface area contributed by atoms with Gasteiger partial charge < -0.3 is 20.9 Å². The minimum Gasteiger partial charge on any atom is -0.497 e. The molecule has 6 nitrogen and oxygen atoms in total. The molecule has 0 aliphatic heterocycles. The van der Waals surface area contributed by atoms with Crippen LogP contribution < -0.4 is 15.8 Å². The second kappa shape index (κ2) is 7.38. The van der Waals surface area contributed by atoms with Crippen molar-refractivity contribution in [2.75, 3.05) is 13.7 Å². The lowest BCUT2D eigenvalue weighted by Gasteiger charge is -2.10. The third kappa shape index (κ3) is 5.39. The Kier molecular flexibility index (Phi) is 5.81. The van der Waals surface area contributed by atoms with Gasteiger partial charge in [-0.15, -0.1) is 0 Å². The van der Waals surface area contributed by atoms with Crippen LogP contribution in [0, 0.1) is 0 Å². The Hall–Kier alpha value is -2.08. The van der Waals surface area contributed by atoms with E-state index in [0.29, 0.717) is 13.0 Å². The quantitative estimate of drug-likeness (QED) is 0.652. The van der Waals surface area contributed by atoms with Crippen LogP contribution >= 0.6 is 0 Å². The Morgan fingerprint density at radius 1 is 1.47 bits per heavy atom. The van der Waals surface area contributed by atoms with Crippen LogP contribution in [0.15, 0.2) is 24.3 Å². The van der Waals surface area contributed by atoms with Crippen molar-refractivity contribution in [1.29, 1.82) is 0 Å². The first kappa shape index (κ1) is 15.0. The van der Waals surface area contributed by atoms with Crippen LogP contribution in [0.1, 0.15) is 12.0 Å². The molecular formula is C13H18N2O4. The van der Waals surface area contributed by atoms with Crippen molar-refractivity contribution in [2.24, 2.45) is 5.73 Å². The fraction of sp³-hybridized carbons (Fsp3) is 0.385. The smallest absolute Gasteiger partial charge is 0.305 e. The number of carboxylic acids is 1. The molecule has 1 atom stereocenters. The summed E-state index contributed by atoms with van der Waals surface area (Å²) in [6.45, 7) is 0.402. The van der Waals surface area contributed by atoms with Crippen molar-refractivity contribution in [3.63, 3.8) is 0 Å². The maximum atomic E-state index is 11.5. The molecule has 0 bridgehead atoms. The van der Waals surface area contributed by atoms with Crippen molar-refractivity contribution < 1.29 is 19.4 Å². The van der Waals surface area contributed by atoms with Crippen molar-refractivity contribution in [3.8, 4) is 5.75 Å². The molecule has 0 spiro atoms. The van der Waals surface area contributed by atoms with Crippen LogP contribution in [0.25, 0.3) is 0 Å². The molecule has 1 unspecified atom stereocenters. The lowest BCUT2D eigenvalue weighted by molar-refractivity contribution is -0.139. The number of carbonyl (C=O) groups is 2. The van der Waals surface area contributed by atoms with E-state index in [1.54, 1.807) is 7.11 Å². The van der Waals surface area contributed by atoms with E-state index in [0.717, 1.165) is 11.3 Å². The molecule has 0 radical (unpaired) electrons. The van der Waals surface area contributed by atoms with E-state index in [-0.39, 0.29) is 6.42 Å². The Balaban J connectivity index is 2.37. The number of methoxy groups -OCH3 is 1. The molecule has 1 aromatic carbocycles.